The topological polar surface area (TPSA) is 29.0 Å². The number of aromatic nitrogens is 1. The Morgan fingerprint density at radius 1 is 1.32 bits per heavy atom. The predicted molar refractivity (Wildman–Crippen MR) is 107 cm³/mol. The fourth-order valence-corrected chi connectivity index (χ4v) is 2.63. The van der Waals surface area contributed by atoms with E-state index in [-0.39, 0.29) is 0 Å². The van der Waals surface area contributed by atoms with Crippen molar-refractivity contribution in [3.05, 3.63) is 58.4 Å². The summed E-state index contributed by atoms with van der Waals surface area (Å²) < 4.78 is 2.19. The first-order chi connectivity index (χ1) is 12.1. The molecule has 0 radical (unpaired) electrons. The van der Waals surface area contributed by atoms with Crippen LogP contribution in [0.3, 0.4) is 0 Å². The normalized spacial score (nSPS) is 11.8. The lowest BCUT2D eigenvalue weighted by Gasteiger charge is -2.04. The van der Waals surface area contributed by atoms with Gasteiger partial charge >= 0.3 is 0 Å². The van der Waals surface area contributed by atoms with Crippen LogP contribution >= 0.6 is 11.6 Å². The monoisotopic (exact) mass is 351 g/mol. The molecular weight excluding hydrogens is 330 g/mol. The molecule has 0 saturated carbocycles. The number of aryl methyl sites for hydroxylation is 1. The maximum absolute atomic E-state index is 5.80. The molecule has 0 aliphatic rings. The predicted octanol–water partition coefficient (Wildman–Crippen LogP) is 3.94. The van der Waals surface area contributed by atoms with Crippen molar-refractivity contribution in [1.29, 1.82) is 0 Å². The third kappa shape index (κ3) is 4.94. The van der Waals surface area contributed by atoms with Gasteiger partial charge in [0.15, 0.2) is 0 Å². The van der Waals surface area contributed by atoms with E-state index in [4.69, 9.17) is 18.0 Å². The summed E-state index contributed by atoms with van der Waals surface area (Å²) in [6.07, 6.45) is 8.94. The zero-order chi connectivity index (χ0) is 18.2. The van der Waals surface area contributed by atoms with E-state index in [1.54, 1.807) is 19.1 Å². The van der Waals surface area contributed by atoms with Crippen LogP contribution in [0, 0.1) is 24.3 Å². The summed E-state index contributed by atoms with van der Waals surface area (Å²) >= 11 is 5.80. The molecule has 1 heterocycles. The number of terminal acetylenes is 1. The molecule has 0 atom stereocenters. The number of benzene rings is 1. The molecule has 2 aromatic rings. The number of hydrogen-bond acceptors (Lipinski definition) is 2. The average Bonchev–Trinajstić information content (AvgIpc) is 2.94. The van der Waals surface area contributed by atoms with Crippen molar-refractivity contribution >= 4 is 22.5 Å². The third-order valence-corrected chi connectivity index (χ3v) is 3.81. The number of rotatable bonds is 5. The highest BCUT2D eigenvalue weighted by atomic mass is 35.5. The molecular formula is C21H22ClN3. The molecule has 0 unspecified atom stereocenters. The summed E-state index contributed by atoms with van der Waals surface area (Å²) in [5.74, 6) is 5.70. The Bertz CT molecular complexity index is 910. The van der Waals surface area contributed by atoms with E-state index in [0.29, 0.717) is 10.7 Å². The van der Waals surface area contributed by atoms with Crippen molar-refractivity contribution in [2.45, 2.75) is 26.9 Å². The molecule has 4 heteroatoms. The highest BCUT2D eigenvalue weighted by Crippen LogP contribution is 2.21. The highest BCUT2D eigenvalue weighted by Gasteiger charge is 2.06. The van der Waals surface area contributed by atoms with E-state index in [1.807, 2.05) is 7.05 Å². The van der Waals surface area contributed by atoms with Crippen LogP contribution in [0.25, 0.3) is 10.9 Å². The summed E-state index contributed by atoms with van der Waals surface area (Å²) in [7, 11) is 1.95. The molecule has 25 heavy (non-hydrogen) atoms. The van der Waals surface area contributed by atoms with Crippen LogP contribution in [0.1, 0.15) is 25.1 Å². The summed E-state index contributed by atoms with van der Waals surface area (Å²) in [6.45, 7) is 5.60. The summed E-state index contributed by atoms with van der Waals surface area (Å²) in [6, 6.07) is 11.5. The lowest BCUT2D eigenvalue weighted by Crippen LogP contribution is -2.05. The number of fused-ring (bicyclic) bond motifs is 1. The summed E-state index contributed by atoms with van der Waals surface area (Å²) in [5.41, 5.74) is 3.96. The van der Waals surface area contributed by atoms with Crippen molar-refractivity contribution in [2.75, 3.05) is 7.05 Å². The smallest absolute Gasteiger partial charge is 0.0966 e. The Hall–Kier alpha value is -2.59. The van der Waals surface area contributed by atoms with E-state index in [1.165, 1.54) is 16.5 Å². The van der Waals surface area contributed by atoms with Crippen LogP contribution in [0.15, 0.2) is 47.1 Å². The second-order valence-electron chi connectivity index (χ2n) is 5.55. The van der Waals surface area contributed by atoms with Crippen LogP contribution in [0.2, 0.25) is 0 Å². The van der Waals surface area contributed by atoms with Gasteiger partial charge < -0.3 is 15.2 Å². The van der Waals surface area contributed by atoms with Crippen LogP contribution in [0.5, 0.6) is 0 Å². The number of hydrogen-bond donors (Lipinski definition) is 2. The van der Waals surface area contributed by atoms with Crippen LogP contribution in [-0.2, 0) is 13.1 Å². The number of nitrogens with zero attached hydrogens (tertiary/aromatic N) is 1. The first kappa shape index (κ1) is 18.7. The Kier molecular flexibility index (Phi) is 6.78. The molecule has 0 fully saturated rings. The molecule has 0 aliphatic carbocycles. The fourth-order valence-electron chi connectivity index (χ4n) is 2.57. The Labute approximate surface area is 154 Å². The summed E-state index contributed by atoms with van der Waals surface area (Å²) in [4.78, 5) is 0. The van der Waals surface area contributed by atoms with Crippen molar-refractivity contribution < 1.29 is 0 Å². The quantitative estimate of drug-likeness (QED) is 0.485. The first-order valence-electron chi connectivity index (χ1n) is 8.13. The van der Waals surface area contributed by atoms with Crippen molar-refractivity contribution in [2.24, 2.45) is 0 Å². The second-order valence-corrected chi connectivity index (χ2v) is 6.15. The molecule has 128 valence electrons. The van der Waals surface area contributed by atoms with Crippen LogP contribution < -0.4 is 10.6 Å². The van der Waals surface area contributed by atoms with Crippen molar-refractivity contribution in [3.63, 3.8) is 0 Å². The Morgan fingerprint density at radius 3 is 2.76 bits per heavy atom. The van der Waals surface area contributed by atoms with Gasteiger partial charge in [0, 0.05) is 35.1 Å². The lowest BCUT2D eigenvalue weighted by atomic mass is 10.1. The largest absolute Gasteiger partial charge is 0.334 e. The maximum atomic E-state index is 5.80. The molecule has 3 nitrogen and oxygen atoms in total. The molecule has 0 saturated heterocycles. The maximum Gasteiger partial charge on any atom is 0.0966 e. The van der Waals surface area contributed by atoms with Crippen LogP contribution in [0.4, 0.5) is 0 Å². The van der Waals surface area contributed by atoms with E-state index >= 15 is 0 Å². The second kappa shape index (κ2) is 9.04. The third-order valence-electron chi connectivity index (χ3n) is 3.69. The van der Waals surface area contributed by atoms with E-state index in [2.05, 4.69) is 64.3 Å². The minimum absolute atomic E-state index is 0.572. The fraction of sp³-hybridized carbons (Fsp3) is 0.238. The SMILES string of the molecule is C#C/C(=C\C=C(/C)Cl)NC#Cc1cc2cc(CNC)ccc2n1CC. The zero-order valence-corrected chi connectivity index (χ0v) is 15.5. The van der Waals surface area contributed by atoms with Gasteiger partial charge in [-0.1, -0.05) is 23.6 Å². The molecule has 2 rings (SSSR count). The minimum Gasteiger partial charge on any atom is -0.334 e. The Balaban J connectivity index is 2.31. The van der Waals surface area contributed by atoms with Gasteiger partial charge in [-0.2, -0.15) is 0 Å². The number of allylic oxidation sites excluding steroid dienone is 4. The summed E-state index contributed by atoms with van der Waals surface area (Å²) in [5, 5.41) is 7.96. The van der Waals surface area contributed by atoms with Crippen molar-refractivity contribution in [1.82, 2.24) is 15.2 Å². The molecule has 0 amide bonds. The van der Waals surface area contributed by atoms with E-state index in [0.717, 1.165) is 18.8 Å². The van der Waals surface area contributed by atoms with Gasteiger partial charge in [-0.3, -0.25) is 0 Å². The Morgan fingerprint density at radius 2 is 2.12 bits per heavy atom. The van der Waals surface area contributed by atoms with Gasteiger partial charge in [0.05, 0.1) is 11.4 Å². The van der Waals surface area contributed by atoms with Gasteiger partial charge in [0.25, 0.3) is 0 Å². The van der Waals surface area contributed by atoms with Gasteiger partial charge in [-0.15, -0.1) is 6.42 Å². The minimum atomic E-state index is 0.572. The van der Waals surface area contributed by atoms with Crippen molar-refractivity contribution in [3.8, 4) is 24.3 Å². The van der Waals surface area contributed by atoms with E-state index < -0.39 is 0 Å². The zero-order valence-electron chi connectivity index (χ0n) is 14.8. The molecule has 0 bridgehead atoms. The molecule has 0 aliphatic heterocycles. The van der Waals surface area contributed by atoms with Gasteiger partial charge in [0.1, 0.15) is 0 Å². The van der Waals surface area contributed by atoms with Gasteiger partial charge in [0.2, 0.25) is 0 Å². The molecule has 1 aromatic carbocycles. The molecule has 1 aromatic heterocycles. The first-order valence-corrected chi connectivity index (χ1v) is 8.51. The average molecular weight is 352 g/mol. The highest BCUT2D eigenvalue weighted by molar-refractivity contribution is 6.29. The lowest BCUT2D eigenvalue weighted by molar-refractivity contribution is 0.786. The standard InChI is InChI=1S/C21H22ClN3/c1-5-19(9-7-16(3)22)24-12-11-20-14-18-13-17(15-23-4)8-10-21(18)25(20)6-2/h1,7-10,13-14,23-24H,6,15H2,2-4H3/b16-7+,19-9+. The van der Waals surface area contributed by atoms with Crippen LogP contribution in [-0.4, -0.2) is 11.6 Å². The number of nitrogens with one attached hydrogen (secondary N) is 2. The van der Waals surface area contributed by atoms with E-state index in [9.17, 15) is 0 Å². The van der Waals surface area contributed by atoms with Gasteiger partial charge in [-0.25, -0.2) is 0 Å². The van der Waals surface area contributed by atoms with Gasteiger partial charge in [-0.05, 0) is 62.7 Å². The molecule has 2 N–H and O–H groups in total. The molecule has 0 spiro atoms. The number of halogens is 1.